The molecule has 0 amide bonds. The molecule has 16 heavy (non-hydrogen) atoms. The first kappa shape index (κ1) is 11.4. The number of allylic oxidation sites excluding steroid dienone is 4. The first-order valence-electron chi connectivity index (χ1n) is 4.93. The second kappa shape index (κ2) is 4.44. The van der Waals surface area contributed by atoms with Crippen molar-refractivity contribution in [1.82, 2.24) is 0 Å². The molecule has 1 aliphatic rings. The van der Waals surface area contributed by atoms with E-state index < -0.39 is 4.33 Å². The van der Waals surface area contributed by atoms with Crippen molar-refractivity contribution in [3.63, 3.8) is 0 Å². The summed E-state index contributed by atoms with van der Waals surface area (Å²) in [6.45, 7) is 0. The summed E-state index contributed by atoms with van der Waals surface area (Å²) < 4.78 is -0.924. The number of benzene rings is 1. The van der Waals surface area contributed by atoms with E-state index >= 15 is 0 Å². The molecule has 1 nitrogen and oxygen atoms in total. The Hall–Kier alpha value is -1.05. The van der Waals surface area contributed by atoms with Crippen LogP contribution in [-0.4, -0.2) is 10.6 Å². The average molecular weight is 253 g/mol. The molecule has 0 spiro atoms. The van der Waals surface area contributed by atoms with Crippen molar-refractivity contribution in [2.24, 2.45) is 0 Å². The molecule has 0 bridgehead atoms. The van der Waals surface area contributed by atoms with Crippen LogP contribution in [-0.2, 0) is 0 Å². The van der Waals surface area contributed by atoms with Gasteiger partial charge in [-0.05, 0) is 17.7 Å². The fourth-order valence-electron chi connectivity index (χ4n) is 1.71. The summed E-state index contributed by atoms with van der Waals surface area (Å²) in [7, 11) is 0. The Morgan fingerprint density at radius 2 is 1.75 bits per heavy atom. The van der Waals surface area contributed by atoms with Gasteiger partial charge in [0.05, 0.1) is 0 Å². The Kier molecular flexibility index (Phi) is 3.17. The molecule has 82 valence electrons. The Balaban J connectivity index is 2.34. The van der Waals surface area contributed by atoms with Gasteiger partial charge in [0.25, 0.3) is 0 Å². The zero-order valence-electron chi connectivity index (χ0n) is 8.44. The summed E-state index contributed by atoms with van der Waals surface area (Å²) in [4.78, 5) is 10.9. The highest BCUT2D eigenvalue weighted by atomic mass is 35.5. The van der Waals surface area contributed by atoms with Gasteiger partial charge in [-0.3, -0.25) is 4.79 Å². The van der Waals surface area contributed by atoms with E-state index in [0.29, 0.717) is 5.56 Å². The summed E-state index contributed by atoms with van der Waals surface area (Å²) in [6, 6.07) is 7.48. The monoisotopic (exact) mass is 252 g/mol. The van der Waals surface area contributed by atoms with Crippen LogP contribution in [0.3, 0.4) is 0 Å². The number of hydrogen-bond acceptors (Lipinski definition) is 1. The van der Waals surface area contributed by atoms with Crippen LogP contribution in [0.2, 0.25) is 0 Å². The second-order valence-corrected chi connectivity index (χ2v) is 5.11. The molecule has 1 aromatic rings. The van der Waals surface area contributed by atoms with Crippen molar-refractivity contribution in [3.05, 3.63) is 59.7 Å². The minimum absolute atomic E-state index is 0.0621. The topological polar surface area (TPSA) is 17.1 Å². The first-order chi connectivity index (χ1) is 7.62. The van der Waals surface area contributed by atoms with Crippen LogP contribution in [0.5, 0.6) is 0 Å². The first-order valence-corrected chi connectivity index (χ1v) is 5.68. The van der Waals surface area contributed by atoms with E-state index in [1.54, 1.807) is 18.2 Å². The van der Waals surface area contributed by atoms with Crippen molar-refractivity contribution >= 4 is 29.5 Å². The number of rotatable bonds is 2. The maximum atomic E-state index is 10.9. The van der Waals surface area contributed by atoms with E-state index in [-0.39, 0.29) is 5.92 Å². The lowest BCUT2D eigenvalue weighted by atomic mass is 9.91. The summed E-state index contributed by atoms with van der Waals surface area (Å²) in [5, 5.41) is 0. The highest BCUT2D eigenvalue weighted by molar-refractivity contribution is 6.51. The van der Waals surface area contributed by atoms with Gasteiger partial charge >= 0.3 is 0 Å². The largest absolute Gasteiger partial charge is 0.298 e. The SMILES string of the molecule is O=Cc1ccccc1C1C=CC(Cl)(Cl)C=C1. The van der Waals surface area contributed by atoms with E-state index in [1.165, 1.54) is 0 Å². The third-order valence-electron chi connectivity index (χ3n) is 2.53. The molecule has 0 fully saturated rings. The molecule has 0 unspecified atom stereocenters. The lowest BCUT2D eigenvalue weighted by molar-refractivity contribution is 0.112. The zero-order valence-corrected chi connectivity index (χ0v) is 9.95. The highest BCUT2D eigenvalue weighted by Crippen LogP contribution is 2.33. The molecule has 0 N–H and O–H groups in total. The molecular weight excluding hydrogens is 243 g/mol. The number of hydrogen-bond donors (Lipinski definition) is 0. The second-order valence-electron chi connectivity index (χ2n) is 3.67. The van der Waals surface area contributed by atoms with Crippen LogP contribution in [0.1, 0.15) is 21.8 Å². The minimum Gasteiger partial charge on any atom is -0.298 e. The number of aldehydes is 1. The smallest absolute Gasteiger partial charge is 0.154 e. The fourth-order valence-corrected chi connectivity index (χ4v) is 2.00. The van der Waals surface area contributed by atoms with Gasteiger partial charge in [0.15, 0.2) is 4.33 Å². The lowest BCUT2D eigenvalue weighted by Crippen LogP contribution is -2.10. The Bertz CT molecular complexity index is 445. The Morgan fingerprint density at radius 3 is 2.38 bits per heavy atom. The van der Waals surface area contributed by atoms with Crippen molar-refractivity contribution in [2.75, 3.05) is 0 Å². The molecule has 0 aromatic heterocycles. The summed E-state index contributed by atoms with van der Waals surface area (Å²) >= 11 is 11.8. The van der Waals surface area contributed by atoms with E-state index in [0.717, 1.165) is 11.8 Å². The van der Waals surface area contributed by atoms with E-state index in [1.807, 2.05) is 30.4 Å². The van der Waals surface area contributed by atoms with E-state index in [9.17, 15) is 4.79 Å². The van der Waals surface area contributed by atoms with Crippen molar-refractivity contribution < 1.29 is 4.79 Å². The molecule has 1 aliphatic carbocycles. The van der Waals surface area contributed by atoms with Gasteiger partial charge in [0, 0.05) is 11.5 Å². The molecule has 0 atom stereocenters. The van der Waals surface area contributed by atoms with Gasteiger partial charge < -0.3 is 0 Å². The maximum absolute atomic E-state index is 10.9. The number of alkyl halides is 2. The van der Waals surface area contributed by atoms with Crippen molar-refractivity contribution in [2.45, 2.75) is 10.3 Å². The molecular formula is C13H10Cl2O. The Morgan fingerprint density at radius 1 is 1.12 bits per heavy atom. The predicted octanol–water partition coefficient (Wildman–Crippen LogP) is 3.88. The predicted molar refractivity (Wildman–Crippen MR) is 67.3 cm³/mol. The normalized spacial score (nSPS) is 18.6. The van der Waals surface area contributed by atoms with Gasteiger partial charge in [-0.15, -0.1) is 0 Å². The summed E-state index contributed by atoms with van der Waals surface area (Å²) in [5.41, 5.74) is 1.66. The molecule has 2 rings (SSSR count). The van der Waals surface area contributed by atoms with E-state index in [4.69, 9.17) is 23.2 Å². The van der Waals surface area contributed by atoms with Gasteiger partial charge in [-0.1, -0.05) is 59.6 Å². The van der Waals surface area contributed by atoms with Crippen molar-refractivity contribution in [3.8, 4) is 0 Å². The van der Waals surface area contributed by atoms with Crippen molar-refractivity contribution in [1.29, 1.82) is 0 Å². The summed E-state index contributed by atoms with van der Waals surface area (Å²) in [5.74, 6) is 0.0621. The third kappa shape index (κ3) is 2.37. The third-order valence-corrected chi connectivity index (χ3v) is 3.04. The van der Waals surface area contributed by atoms with Crippen LogP contribution in [0, 0.1) is 0 Å². The van der Waals surface area contributed by atoms with Gasteiger partial charge in [0.1, 0.15) is 6.29 Å². The number of carbonyl (C=O) groups excluding carboxylic acids is 1. The average Bonchev–Trinajstić information content (AvgIpc) is 2.29. The standard InChI is InChI=1S/C13H10Cl2O/c14-13(15)7-5-10(6-8-13)12-4-2-1-3-11(12)9-16/h1-10H. The van der Waals surface area contributed by atoms with E-state index in [2.05, 4.69) is 0 Å². The fraction of sp³-hybridized carbons (Fsp3) is 0.154. The van der Waals surface area contributed by atoms with Gasteiger partial charge in [-0.2, -0.15) is 0 Å². The Labute approximate surface area is 104 Å². The van der Waals surface area contributed by atoms with Crippen LogP contribution in [0.4, 0.5) is 0 Å². The molecule has 3 heteroatoms. The molecule has 0 radical (unpaired) electrons. The summed E-state index contributed by atoms with van der Waals surface area (Å²) in [6.07, 6.45) is 8.12. The zero-order chi connectivity index (χ0) is 11.6. The number of carbonyl (C=O) groups is 1. The maximum Gasteiger partial charge on any atom is 0.154 e. The molecule has 0 saturated carbocycles. The lowest BCUT2D eigenvalue weighted by Gasteiger charge is -2.19. The molecule has 0 saturated heterocycles. The quantitative estimate of drug-likeness (QED) is 0.444. The number of halogens is 2. The molecule has 1 aromatic carbocycles. The molecule has 0 aliphatic heterocycles. The van der Waals surface area contributed by atoms with Crippen LogP contribution < -0.4 is 0 Å². The van der Waals surface area contributed by atoms with Crippen LogP contribution in [0.15, 0.2) is 48.6 Å². The van der Waals surface area contributed by atoms with Crippen LogP contribution >= 0.6 is 23.2 Å². The van der Waals surface area contributed by atoms with Gasteiger partial charge in [-0.25, -0.2) is 0 Å². The highest BCUT2D eigenvalue weighted by Gasteiger charge is 2.21. The molecule has 0 heterocycles. The van der Waals surface area contributed by atoms with Gasteiger partial charge in [0.2, 0.25) is 0 Å². The van der Waals surface area contributed by atoms with Crippen LogP contribution in [0.25, 0.3) is 0 Å². The minimum atomic E-state index is -0.924.